The summed E-state index contributed by atoms with van der Waals surface area (Å²) in [5.41, 5.74) is -0.442. The molecule has 0 aliphatic carbocycles. The molecule has 0 bridgehead atoms. The maximum atomic E-state index is 12.2. The smallest absolute Gasteiger partial charge is 0.334 e. The Balaban J connectivity index is 2.26. The van der Waals surface area contributed by atoms with Crippen molar-refractivity contribution in [1.29, 1.82) is 0 Å². The molecule has 2 aliphatic heterocycles. The number of carbonyl (C=O) groups is 3. The van der Waals surface area contributed by atoms with Crippen molar-refractivity contribution in [2.75, 3.05) is 7.11 Å². The van der Waals surface area contributed by atoms with E-state index < -0.39 is 23.7 Å². The largest absolute Gasteiger partial charge is 0.458 e. The normalized spacial score (nSPS) is 29.2. The third-order valence-corrected chi connectivity index (χ3v) is 4.15. The second-order valence-corrected chi connectivity index (χ2v) is 6.59. The molecule has 6 nitrogen and oxygen atoms in total. The van der Waals surface area contributed by atoms with Crippen molar-refractivity contribution in [1.82, 2.24) is 4.90 Å². The fourth-order valence-electron chi connectivity index (χ4n) is 2.16. The van der Waals surface area contributed by atoms with Crippen LogP contribution in [-0.4, -0.2) is 53.3 Å². The number of amides is 1. The number of ether oxygens (including phenoxy) is 2. The topological polar surface area (TPSA) is 72.9 Å². The van der Waals surface area contributed by atoms with Gasteiger partial charge in [-0.2, -0.15) is 0 Å². The average molecular weight is 299 g/mol. The highest BCUT2D eigenvalue weighted by Crippen LogP contribution is 2.41. The van der Waals surface area contributed by atoms with Gasteiger partial charge in [0, 0.05) is 12.7 Å². The Hall–Kier alpha value is -1.34. The van der Waals surface area contributed by atoms with E-state index in [0.717, 1.165) is 0 Å². The maximum absolute atomic E-state index is 12.2. The number of hydrogen-bond donors (Lipinski definition) is 0. The van der Waals surface area contributed by atoms with Crippen molar-refractivity contribution in [3.05, 3.63) is 11.0 Å². The molecule has 2 rings (SSSR count). The lowest BCUT2D eigenvalue weighted by atomic mass is 10.00. The van der Waals surface area contributed by atoms with Gasteiger partial charge in [-0.25, -0.2) is 4.79 Å². The predicted octanol–water partition coefficient (Wildman–Crippen LogP) is 0.710. The molecule has 0 N–H and O–H groups in total. The number of hydrogen-bond acceptors (Lipinski definition) is 6. The first-order valence-corrected chi connectivity index (χ1v) is 7.13. The molecule has 0 saturated carbocycles. The van der Waals surface area contributed by atoms with Gasteiger partial charge in [0.1, 0.15) is 17.3 Å². The van der Waals surface area contributed by atoms with Gasteiger partial charge >= 0.3 is 5.97 Å². The number of carbonyl (C=O) groups excluding carboxylic acids is 3. The molecule has 0 spiro atoms. The molecule has 20 heavy (non-hydrogen) atoms. The lowest BCUT2D eigenvalue weighted by Crippen LogP contribution is -2.70. The summed E-state index contributed by atoms with van der Waals surface area (Å²) in [5.74, 6) is -0.891. The molecule has 1 amide bonds. The van der Waals surface area contributed by atoms with Crippen molar-refractivity contribution in [3.63, 3.8) is 0 Å². The molecule has 3 atom stereocenters. The van der Waals surface area contributed by atoms with Gasteiger partial charge in [0.15, 0.2) is 12.1 Å². The number of aldehydes is 1. The zero-order chi connectivity index (χ0) is 15.1. The lowest BCUT2D eigenvalue weighted by Gasteiger charge is -2.50. The first-order chi connectivity index (χ1) is 9.30. The molecular formula is C13H17NO5S. The van der Waals surface area contributed by atoms with Crippen LogP contribution in [-0.2, 0) is 23.9 Å². The molecule has 2 heterocycles. The monoisotopic (exact) mass is 299 g/mol. The third kappa shape index (κ3) is 2.47. The van der Waals surface area contributed by atoms with E-state index in [0.29, 0.717) is 6.29 Å². The second kappa shape index (κ2) is 5.21. The Labute approximate surface area is 121 Å². The molecule has 7 heteroatoms. The van der Waals surface area contributed by atoms with E-state index in [1.165, 1.54) is 23.8 Å². The predicted molar refractivity (Wildman–Crippen MR) is 72.8 cm³/mol. The molecule has 1 fully saturated rings. The van der Waals surface area contributed by atoms with E-state index in [1.54, 1.807) is 26.2 Å². The highest BCUT2D eigenvalue weighted by Gasteiger charge is 2.56. The minimum absolute atomic E-state index is 0.239. The van der Waals surface area contributed by atoms with Crippen LogP contribution in [0.2, 0.25) is 0 Å². The Morgan fingerprint density at radius 3 is 2.60 bits per heavy atom. The zero-order valence-electron chi connectivity index (χ0n) is 11.8. The van der Waals surface area contributed by atoms with E-state index in [1.807, 2.05) is 0 Å². The van der Waals surface area contributed by atoms with Crippen LogP contribution in [0.3, 0.4) is 0 Å². The molecule has 0 radical (unpaired) electrons. The van der Waals surface area contributed by atoms with Gasteiger partial charge in [-0.3, -0.25) is 9.59 Å². The average Bonchev–Trinajstić information content (AvgIpc) is 2.35. The summed E-state index contributed by atoms with van der Waals surface area (Å²) in [6.07, 6.45) is 0.0139. The maximum Gasteiger partial charge on any atom is 0.334 e. The Morgan fingerprint density at radius 2 is 2.10 bits per heavy atom. The third-order valence-electron chi connectivity index (χ3n) is 2.99. The van der Waals surface area contributed by atoms with E-state index >= 15 is 0 Å². The molecule has 110 valence electrons. The summed E-state index contributed by atoms with van der Waals surface area (Å²) in [5, 5.41) is 1.31. The molecular weight excluding hydrogens is 282 g/mol. The fourth-order valence-corrected chi connectivity index (χ4v) is 3.37. The first kappa shape index (κ1) is 15.1. The quantitative estimate of drug-likeness (QED) is 0.434. The number of esters is 1. The van der Waals surface area contributed by atoms with Gasteiger partial charge in [0.05, 0.1) is 0 Å². The van der Waals surface area contributed by atoms with Crippen LogP contribution in [0.1, 0.15) is 20.8 Å². The Morgan fingerprint density at radius 1 is 1.45 bits per heavy atom. The fraction of sp³-hybridized carbons (Fsp3) is 0.615. The van der Waals surface area contributed by atoms with Gasteiger partial charge in [0.2, 0.25) is 0 Å². The molecule has 2 aliphatic rings. The SMILES string of the molecule is CO[C@H]1C(=O)N2C(C(=O)OC(C)(C)C)C(C=O)=CSC12. The van der Waals surface area contributed by atoms with Crippen molar-refractivity contribution >= 4 is 29.9 Å². The standard InChI is InChI=1S/C13H17NO5S/c1-13(2,3)19-12(17)8-7(5-15)6-20-11-9(18-4)10(16)14(8)11/h5-6,8-9,11H,1-4H3/t8?,9-,11?/m0/s1. The number of methoxy groups -OCH3 is 1. The van der Waals surface area contributed by atoms with Gasteiger partial charge < -0.3 is 14.4 Å². The summed E-state index contributed by atoms with van der Waals surface area (Å²) in [6.45, 7) is 5.21. The van der Waals surface area contributed by atoms with Crippen molar-refractivity contribution in [3.8, 4) is 0 Å². The lowest BCUT2D eigenvalue weighted by molar-refractivity contribution is -0.178. The van der Waals surface area contributed by atoms with Crippen LogP contribution in [0.25, 0.3) is 0 Å². The Kier molecular flexibility index (Phi) is 3.93. The number of nitrogens with zero attached hydrogens (tertiary/aromatic N) is 1. The number of fused-ring (bicyclic) bond motifs is 1. The number of thioether (sulfide) groups is 1. The van der Waals surface area contributed by atoms with Gasteiger partial charge in [-0.15, -0.1) is 11.8 Å². The number of β-lactam (4-membered cyclic amide) rings is 1. The molecule has 0 aromatic heterocycles. The summed E-state index contributed by atoms with van der Waals surface area (Å²) < 4.78 is 10.4. The van der Waals surface area contributed by atoms with Crippen LogP contribution in [0.15, 0.2) is 11.0 Å². The van der Waals surface area contributed by atoms with Crippen molar-refractivity contribution < 1.29 is 23.9 Å². The molecule has 0 aromatic carbocycles. The van der Waals surface area contributed by atoms with Crippen LogP contribution < -0.4 is 0 Å². The van der Waals surface area contributed by atoms with Crippen LogP contribution in [0, 0.1) is 0 Å². The Bertz CT molecular complexity index is 482. The van der Waals surface area contributed by atoms with Gasteiger partial charge in [-0.1, -0.05) is 0 Å². The summed E-state index contributed by atoms with van der Waals surface area (Å²) in [6, 6.07) is -0.975. The number of rotatable bonds is 3. The van der Waals surface area contributed by atoms with Crippen LogP contribution in [0.4, 0.5) is 0 Å². The van der Waals surface area contributed by atoms with Crippen molar-refractivity contribution in [2.45, 2.75) is 43.9 Å². The van der Waals surface area contributed by atoms with Gasteiger partial charge in [-0.05, 0) is 26.2 Å². The van der Waals surface area contributed by atoms with Crippen LogP contribution >= 0.6 is 11.8 Å². The molecule has 1 saturated heterocycles. The molecule has 2 unspecified atom stereocenters. The van der Waals surface area contributed by atoms with Gasteiger partial charge in [0.25, 0.3) is 5.91 Å². The van der Waals surface area contributed by atoms with Crippen molar-refractivity contribution in [2.24, 2.45) is 0 Å². The van der Waals surface area contributed by atoms with E-state index in [9.17, 15) is 14.4 Å². The highest BCUT2D eigenvalue weighted by atomic mass is 32.2. The minimum atomic E-state index is -0.975. The summed E-state index contributed by atoms with van der Waals surface area (Å²) in [7, 11) is 1.45. The molecule has 0 aromatic rings. The summed E-state index contributed by atoms with van der Waals surface area (Å²) >= 11 is 1.30. The van der Waals surface area contributed by atoms with E-state index in [2.05, 4.69) is 0 Å². The van der Waals surface area contributed by atoms with E-state index in [-0.39, 0.29) is 16.9 Å². The van der Waals surface area contributed by atoms with E-state index in [4.69, 9.17) is 9.47 Å². The zero-order valence-corrected chi connectivity index (χ0v) is 12.6. The minimum Gasteiger partial charge on any atom is -0.458 e. The van der Waals surface area contributed by atoms with Crippen LogP contribution in [0.5, 0.6) is 0 Å². The first-order valence-electron chi connectivity index (χ1n) is 6.18. The second-order valence-electron chi connectivity index (χ2n) is 5.60. The highest BCUT2D eigenvalue weighted by molar-refractivity contribution is 8.03. The summed E-state index contributed by atoms with van der Waals surface area (Å²) in [4.78, 5) is 36.7.